The van der Waals surface area contributed by atoms with Gasteiger partial charge in [0.25, 0.3) is 11.5 Å². The highest BCUT2D eigenvalue weighted by atomic mass is 16.2. The summed E-state index contributed by atoms with van der Waals surface area (Å²) in [6, 6.07) is 9.07. The van der Waals surface area contributed by atoms with E-state index < -0.39 is 0 Å². The molecule has 0 fully saturated rings. The van der Waals surface area contributed by atoms with Crippen LogP contribution in [0, 0.1) is 0 Å². The van der Waals surface area contributed by atoms with Gasteiger partial charge in [0.05, 0.1) is 18.4 Å². The van der Waals surface area contributed by atoms with Crippen molar-refractivity contribution in [3.63, 3.8) is 0 Å². The van der Waals surface area contributed by atoms with Gasteiger partial charge in [0.15, 0.2) is 0 Å². The van der Waals surface area contributed by atoms with E-state index in [1.165, 1.54) is 0 Å². The smallest absolute Gasteiger partial charge is 0.261 e. The van der Waals surface area contributed by atoms with Crippen molar-refractivity contribution in [2.24, 2.45) is 0 Å². The zero-order chi connectivity index (χ0) is 14.4. The molecule has 1 aliphatic rings. The topological polar surface area (TPSA) is 81.8 Å². The molecule has 0 saturated heterocycles. The lowest BCUT2D eigenvalue weighted by atomic mass is 10.1. The summed E-state index contributed by atoms with van der Waals surface area (Å²) >= 11 is 0. The molecule has 0 unspecified atom stereocenters. The van der Waals surface area contributed by atoms with Crippen LogP contribution in [-0.4, -0.2) is 26.0 Å². The number of H-pyrrole nitrogens is 2. The van der Waals surface area contributed by atoms with Gasteiger partial charge in [-0.2, -0.15) is 5.10 Å². The van der Waals surface area contributed by atoms with Crippen LogP contribution < -0.4 is 5.56 Å². The van der Waals surface area contributed by atoms with E-state index in [9.17, 15) is 9.59 Å². The summed E-state index contributed by atoms with van der Waals surface area (Å²) in [6.07, 6.45) is 1.72. The Morgan fingerprint density at radius 1 is 1.24 bits per heavy atom. The van der Waals surface area contributed by atoms with Crippen molar-refractivity contribution in [2.75, 3.05) is 0 Å². The first-order valence-corrected chi connectivity index (χ1v) is 6.65. The van der Waals surface area contributed by atoms with Crippen LogP contribution in [0.5, 0.6) is 0 Å². The van der Waals surface area contributed by atoms with Gasteiger partial charge in [0.1, 0.15) is 5.56 Å². The van der Waals surface area contributed by atoms with E-state index in [1.807, 2.05) is 24.3 Å². The Balaban J connectivity index is 1.73. The average molecular weight is 280 g/mol. The number of aromatic amines is 2. The summed E-state index contributed by atoms with van der Waals surface area (Å²) < 4.78 is 0. The van der Waals surface area contributed by atoms with Crippen LogP contribution in [0.15, 0.2) is 41.3 Å². The molecule has 6 nitrogen and oxygen atoms in total. The number of rotatable bonds is 1. The minimum atomic E-state index is -0.354. The fourth-order valence-electron chi connectivity index (χ4n) is 2.68. The highest BCUT2D eigenvalue weighted by Crippen LogP contribution is 2.22. The molecule has 0 aliphatic carbocycles. The fourth-order valence-corrected chi connectivity index (χ4v) is 2.68. The molecule has 1 aliphatic heterocycles. The van der Waals surface area contributed by atoms with Crippen LogP contribution in [-0.2, 0) is 13.1 Å². The molecular formula is C15H12N4O2. The van der Waals surface area contributed by atoms with Crippen molar-refractivity contribution >= 4 is 16.8 Å². The first-order chi connectivity index (χ1) is 10.2. The molecule has 0 radical (unpaired) electrons. The number of pyridine rings is 1. The molecule has 104 valence electrons. The summed E-state index contributed by atoms with van der Waals surface area (Å²) in [7, 11) is 0. The van der Waals surface area contributed by atoms with Gasteiger partial charge in [-0.25, -0.2) is 0 Å². The Kier molecular flexibility index (Phi) is 2.44. The summed E-state index contributed by atoms with van der Waals surface area (Å²) in [5.41, 5.74) is 2.48. The largest absolute Gasteiger partial charge is 0.328 e. The zero-order valence-corrected chi connectivity index (χ0v) is 11.1. The number of nitrogens with zero attached hydrogens (tertiary/aromatic N) is 2. The minimum Gasteiger partial charge on any atom is -0.328 e. The SMILES string of the molecule is O=C(c1cc2ccccc2[nH]c1=O)N1Cc2cn[nH]c2C1. The van der Waals surface area contributed by atoms with Crippen LogP contribution in [0.3, 0.4) is 0 Å². The van der Waals surface area contributed by atoms with Crippen LogP contribution in [0.25, 0.3) is 10.9 Å². The molecule has 2 N–H and O–H groups in total. The Morgan fingerprint density at radius 3 is 2.95 bits per heavy atom. The predicted molar refractivity (Wildman–Crippen MR) is 76.7 cm³/mol. The molecule has 0 saturated carbocycles. The highest BCUT2D eigenvalue weighted by molar-refractivity contribution is 5.97. The van der Waals surface area contributed by atoms with Gasteiger partial charge >= 0.3 is 0 Å². The van der Waals surface area contributed by atoms with Crippen molar-refractivity contribution in [1.29, 1.82) is 0 Å². The Morgan fingerprint density at radius 2 is 2.10 bits per heavy atom. The maximum absolute atomic E-state index is 12.5. The van der Waals surface area contributed by atoms with Gasteiger partial charge in [-0.1, -0.05) is 18.2 Å². The quantitative estimate of drug-likeness (QED) is 0.707. The molecule has 1 amide bonds. The van der Waals surface area contributed by atoms with Crippen molar-refractivity contribution in [3.05, 3.63) is 63.7 Å². The van der Waals surface area contributed by atoms with E-state index in [1.54, 1.807) is 17.2 Å². The van der Waals surface area contributed by atoms with Gasteiger partial charge < -0.3 is 9.88 Å². The second-order valence-electron chi connectivity index (χ2n) is 5.13. The summed E-state index contributed by atoms with van der Waals surface area (Å²) in [6.45, 7) is 0.942. The number of para-hydroxylation sites is 1. The molecule has 21 heavy (non-hydrogen) atoms. The normalized spacial score (nSPS) is 13.6. The van der Waals surface area contributed by atoms with Crippen molar-refractivity contribution in [1.82, 2.24) is 20.1 Å². The number of aromatic nitrogens is 3. The molecule has 4 rings (SSSR count). The second kappa shape index (κ2) is 4.31. The maximum atomic E-state index is 12.5. The van der Waals surface area contributed by atoms with Crippen LogP contribution in [0.4, 0.5) is 0 Å². The first kappa shape index (κ1) is 11.9. The number of carbonyl (C=O) groups is 1. The Bertz CT molecular complexity index is 889. The van der Waals surface area contributed by atoms with E-state index in [0.717, 1.165) is 22.2 Å². The lowest BCUT2D eigenvalue weighted by Gasteiger charge is -2.15. The number of hydrogen-bond acceptors (Lipinski definition) is 3. The number of fused-ring (bicyclic) bond motifs is 2. The predicted octanol–water partition coefficient (Wildman–Crippen LogP) is 1.41. The minimum absolute atomic E-state index is 0.173. The van der Waals surface area contributed by atoms with Crippen molar-refractivity contribution in [3.8, 4) is 0 Å². The van der Waals surface area contributed by atoms with Crippen LogP contribution >= 0.6 is 0 Å². The number of nitrogens with one attached hydrogen (secondary N) is 2. The first-order valence-electron chi connectivity index (χ1n) is 6.65. The molecule has 0 spiro atoms. The van der Waals surface area contributed by atoms with Gasteiger partial charge in [-0.15, -0.1) is 0 Å². The number of amides is 1. The van der Waals surface area contributed by atoms with Crippen molar-refractivity contribution in [2.45, 2.75) is 13.1 Å². The molecule has 3 heterocycles. The third kappa shape index (κ3) is 1.84. The van der Waals surface area contributed by atoms with Gasteiger partial charge in [0.2, 0.25) is 0 Å². The molecular weight excluding hydrogens is 268 g/mol. The van der Waals surface area contributed by atoms with Crippen LogP contribution in [0.2, 0.25) is 0 Å². The van der Waals surface area contributed by atoms with Crippen molar-refractivity contribution < 1.29 is 4.79 Å². The zero-order valence-electron chi connectivity index (χ0n) is 11.1. The molecule has 6 heteroatoms. The number of benzene rings is 1. The van der Waals surface area contributed by atoms with E-state index >= 15 is 0 Å². The van der Waals surface area contributed by atoms with Gasteiger partial charge in [0, 0.05) is 17.6 Å². The van der Waals surface area contributed by atoms with E-state index in [-0.39, 0.29) is 17.0 Å². The van der Waals surface area contributed by atoms with Crippen LogP contribution in [0.1, 0.15) is 21.6 Å². The van der Waals surface area contributed by atoms with Gasteiger partial charge in [-0.3, -0.25) is 14.7 Å². The lowest BCUT2D eigenvalue weighted by Crippen LogP contribution is -2.31. The average Bonchev–Trinajstić information content (AvgIpc) is 3.07. The van der Waals surface area contributed by atoms with E-state index in [0.29, 0.717) is 13.1 Å². The maximum Gasteiger partial charge on any atom is 0.261 e. The number of carbonyl (C=O) groups excluding carboxylic acids is 1. The van der Waals surface area contributed by atoms with E-state index in [2.05, 4.69) is 15.2 Å². The Hall–Kier alpha value is -2.89. The molecule has 1 aromatic carbocycles. The molecule has 0 atom stereocenters. The lowest BCUT2D eigenvalue weighted by molar-refractivity contribution is 0.0748. The highest BCUT2D eigenvalue weighted by Gasteiger charge is 2.27. The number of hydrogen-bond donors (Lipinski definition) is 2. The third-order valence-electron chi connectivity index (χ3n) is 3.79. The molecule has 3 aromatic rings. The molecule has 2 aromatic heterocycles. The fraction of sp³-hybridized carbons (Fsp3) is 0.133. The molecule has 0 bridgehead atoms. The van der Waals surface area contributed by atoms with Gasteiger partial charge in [-0.05, 0) is 17.5 Å². The monoisotopic (exact) mass is 280 g/mol. The Labute approximate surface area is 119 Å². The standard InChI is InChI=1S/C15H12N4O2/c20-14-11(5-9-3-1-2-4-12(9)17-14)15(21)19-7-10-6-16-18-13(10)8-19/h1-6H,7-8H2,(H,16,18)(H,17,20). The summed E-state index contributed by atoms with van der Waals surface area (Å²) in [4.78, 5) is 29.1. The second-order valence-corrected chi connectivity index (χ2v) is 5.13. The third-order valence-corrected chi connectivity index (χ3v) is 3.79. The summed E-state index contributed by atoms with van der Waals surface area (Å²) in [5, 5.41) is 7.65. The summed E-state index contributed by atoms with van der Waals surface area (Å²) in [5.74, 6) is -0.258. The van der Waals surface area contributed by atoms with E-state index in [4.69, 9.17) is 0 Å².